The lowest BCUT2D eigenvalue weighted by Gasteiger charge is -2.21. The molecule has 100 valence electrons. The Morgan fingerprint density at radius 2 is 2.05 bits per heavy atom. The summed E-state index contributed by atoms with van der Waals surface area (Å²) >= 11 is 5.82. The van der Waals surface area contributed by atoms with E-state index in [1.165, 1.54) is 0 Å². The second-order valence-corrected chi connectivity index (χ2v) is 5.87. The number of rotatable bonds is 1. The second-order valence-electron chi connectivity index (χ2n) is 5.44. The predicted molar refractivity (Wildman–Crippen MR) is 72.0 cm³/mol. The molecule has 2 saturated heterocycles. The highest BCUT2D eigenvalue weighted by Crippen LogP contribution is 2.37. The average Bonchev–Trinajstić information content (AvgIpc) is 2.97. The van der Waals surface area contributed by atoms with Gasteiger partial charge in [-0.25, -0.2) is 0 Å². The van der Waals surface area contributed by atoms with E-state index < -0.39 is 0 Å². The van der Waals surface area contributed by atoms with E-state index in [4.69, 9.17) is 11.6 Å². The van der Waals surface area contributed by atoms with Crippen molar-refractivity contribution in [3.05, 3.63) is 34.9 Å². The summed E-state index contributed by atoms with van der Waals surface area (Å²) in [5, 5.41) is 3.49. The molecule has 2 fully saturated rings. The summed E-state index contributed by atoms with van der Waals surface area (Å²) in [6, 6.07) is 6.93. The van der Waals surface area contributed by atoms with Gasteiger partial charge in [0.05, 0.1) is 0 Å². The van der Waals surface area contributed by atoms with Crippen LogP contribution in [-0.4, -0.2) is 36.3 Å². The summed E-state index contributed by atoms with van der Waals surface area (Å²) in [6.07, 6.45) is 1.43. The Hall–Kier alpha value is -1.55. The molecule has 0 aromatic heterocycles. The molecule has 0 radical (unpaired) electrons. The first-order valence-electron chi connectivity index (χ1n) is 6.40. The number of amides is 2. The molecule has 1 aromatic carbocycles. The fourth-order valence-electron chi connectivity index (χ4n) is 2.92. The van der Waals surface area contributed by atoms with Gasteiger partial charge >= 0.3 is 0 Å². The van der Waals surface area contributed by atoms with Gasteiger partial charge in [-0.15, -0.1) is 0 Å². The number of nitrogens with one attached hydrogen (secondary N) is 1. The lowest BCUT2D eigenvalue weighted by molar-refractivity contribution is -0.119. The maximum absolute atomic E-state index is 12.4. The van der Waals surface area contributed by atoms with Gasteiger partial charge in [0.1, 0.15) is 0 Å². The summed E-state index contributed by atoms with van der Waals surface area (Å²) in [6.45, 7) is 2.07. The van der Waals surface area contributed by atoms with Crippen LogP contribution in [0.1, 0.15) is 23.2 Å². The third kappa shape index (κ3) is 2.32. The number of carbonyl (C=O) groups is 2. The number of nitrogens with zero attached hydrogens (tertiary/aromatic N) is 1. The number of hydrogen-bond acceptors (Lipinski definition) is 2. The molecule has 5 heteroatoms. The van der Waals surface area contributed by atoms with Crippen molar-refractivity contribution >= 4 is 23.4 Å². The minimum Gasteiger partial charge on any atom is -0.355 e. The Bertz CT molecular complexity index is 529. The van der Waals surface area contributed by atoms with Crippen LogP contribution in [0.4, 0.5) is 0 Å². The molecule has 0 bridgehead atoms. The first-order valence-corrected chi connectivity index (χ1v) is 6.77. The summed E-state index contributed by atoms with van der Waals surface area (Å²) in [7, 11) is 0. The minimum atomic E-state index is -0.0425. The van der Waals surface area contributed by atoms with Crippen molar-refractivity contribution in [2.75, 3.05) is 19.6 Å². The highest BCUT2D eigenvalue weighted by Gasteiger charge is 2.45. The number of likely N-dealkylation sites (tertiary alicyclic amines) is 1. The van der Waals surface area contributed by atoms with E-state index in [9.17, 15) is 9.59 Å². The van der Waals surface area contributed by atoms with Gasteiger partial charge in [0.25, 0.3) is 5.91 Å². The third-order valence-corrected chi connectivity index (χ3v) is 4.26. The Kier molecular flexibility index (Phi) is 2.97. The van der Waals surface area contributed by atoms with E-state index in [1.54, 1.807) is 24.3 Å². The Balaban J connectivity index is 1.72. The smallest absolute Gasteiger partial charge is 0.253 e. The molecule has 1 aromatic rings. The topological polar surface area (TPSA) is 49.4 Å². The van der Waals surface area contributed by atoms with Crippen molar-refractivity contribution in [1.29, 1.82) is 0 Å². The van der Waals surface area contributed by atoms with Crippen LogP contribution in [0.3, 0.4) is 0 Å². The molecule has 4 nitrogen and oxygen atoms in total. The van der Waals surface area contributed by atoms with Crippen molar-refractivity contribution in [3.8, 4) is 0 Å². The van der Waals surface area contributed by atoms with Crippen molar-refractivity contribution < 1.29 is 9.59 Å². The summed E-state index contributed by atoms with van der Waals surface area (Å²) < 4.78 is 0. The summed E-state index contributed by atoms with van der Waals surface area (Å²) in [5.41, 5.74) is 0.609. The van der Waals surface area contributed by atoms with Gasteiger partial charge < -0.3 is 10.2 Å². The SMILES string of the molecule is O=C1CC2(CCN(C(=O)c3ccc(Cl)cc3)C2)CN1. The molecule has 3 rings (SSSR count). The second kappa shape index (κ2) is 4.53. The van der Waals surface area contributed by atoms with Gasteiger partial charge in [-0.2, -0.15) is 0 Å². The molecular weight excluding hydrogens is 264 g/mol. The van der Waals surface area contributed by atoms with Gasteiger partial charge in [-0.3, -0.25) is 9.59 Å². The zero-order valence-electron chi connectivity index (χ0n) is 10.5. The van der Waals surface area contributed by atoms with E-state index in [0.29, 0.717) is 30.1 Å². The number of halogens is 1. The monoisotopic (exact) mass is 278 g/mol. The van der Waals surface area contributed by atoms with Crippen LogP contribution < -0.4 is 5.32 Å². The third-order valence-electron chi connectivity index (χ3n) is 4.01. The van der Waals surface area contributed by atoms with Crippen LogP contribution in [0.5, 0.6) is 0 Å². The number of carbonyl (C=O) groups excluding carboxylic acids is 2. The van der Waals surface area contributed by atoms with Crippen LogP contribution in [0.2, 0.25) is 5.02 Å². The molecule has 0 saturated carbocycles. The fraction of sp³-hybridized carbons (Fsp3) is 0.429. The van der Waals surface area contributed by atoms with Crippen molar-refractivity contribution in [2.24, 2.45) is 5.41 Å². The van der Waals surface area contributed by atoms with Crippen molar-refractivity contribution in [2.45, 2.75) is 12.8 Å². The lowest BCUT2D eigenvalue weighted by atomic mass is 9.86. The molecule has 1 unspecified atom stereocenters. The van der Waals surface area contributed by atoms with Gasteiger partial charge in [0.2, 0.25) is 5.91 Å². The number of benzene rings is 1. The van der Waals surface area contributed by atoms with E-state index in [2.05, 4.69) is 5.32 Å². The molecule has 1 atom stereocenters. The maximum Gasteiger partial charge on any atom is 0.253 e. The molecule has 0 aliphatic carbocycles. The normalized spacial score (nSPS) is 25.9. The van der Waals surface area contributed by atoms with E-state index >= 15 is 0 Å². The average molecular weight is 279 g/mol. The van der Waals surface area contributed by atoms with Gasteiger partial charge in [-0.1, -0.05) is 11.6 Å². The zero-order chi connectivity index (χ0) is 13.5. The summed E-state index contributed by atoms with van der Waals surface area (Å²) in [4.78, 5) is 25.6. The maximum atomic E-state index is 12.4. The predicted octanol–water partition coefficient (Wildman–Crippen LogP) is 1.69. The minimum absolute atomic E-state index is 0.0212. The molecule has 2 heterocycles. The van der Waals surface area contributed by atoms with Gasteiger partial charge in [0.15, 0.2) is 0 Å². The van der Waals surface area contributed by atoms with Crippen LogP contribution in [-0.2, 0) is 4.79 Å². The molecule has 2 aliphatic rings. The zero-order valence-corrected chi connectivity index (χ0v) is 11.2. The molecule has 19 heavy (non-hydrogen) atoms. The first-order chi connectivity index (χ1) is 9.08. The number of hydrogen-bond donors (Lipinski definition) is 1. The van der Waals surface area contributed by atoms with Gasteiger partial charge in [-0.05, 0) is 30.7 Å². The molecule has 1 spiro atoms. The van der Waals surface area contributed by atoms with Gasteiger partial charge in [0, 0.05) is 42.1 Å². The Morgan fingerprint density at radius 1 is 1.32 bits per heavy atom. The first kappa shape index (κ1) is 12.5. The standard InChI is InChI=1S/C14H15ClN2O2/c15-11-3-1-10(2-4-11)13(19)17-6-5-14(9-17)7-12(18)16-8-14/h1-4H,5-9H2,(H,16,18). The van der Waals surface area contributed by atoms with E-state index in [1.807, 2.05) is 4.90 Å². The van der Waals surface area contributed by atoms with Crippen molar-refractivity contribution in [3.63, 3.8) is 0 Å². The fourth-order valence-corrected chi connectivity index (χ4v) is 3.05. The lowest BCUT2D eigenvalue weighted by Crippen LogP contribution is -2.33. The highest BCUT2D eigenvalue weighted by atomic mass is 35.5. The molecule has 2 amide bonds. The molecule has 2 aliphatic heterocycles. The van der Waals surface area contributed by atoms with Crippen LogP contribution in [0.25, 0.3) is 0 Å². The highest BCUT2D eigenvalue weighted by molar-refractivity contribution is 6.30. The van der Waals surface area contributed by atoms with Crippen LogP contribution in [0, 0.1) is 5.41 Å². The summed E-state index contributed by atoms with van der Waals surface area (Å²) in [5.74, 6) is 0.119. The Labute approximate surface area is 116 Å². The largest absolute Gasteiger partial charge is 0.355 e. The van der Waals surface area contributed by atoms with Crippen molar-refractivity contribution in [1.82, 2.24) is 10.2 Å². The quantitative estimate of drug-likeness (QED) is 0.850. The molecular formula is C14H15ClN2O2. The van der Waals surface area contributed by atoms with E-state index in [-0.39, 0.29) is 17.2 Å². The Morgan fingerprint density at radius 3 is 2.68 bits per heavy atom. The van der Waals surface area contributed by atoms with Crippen LogP contribution in [0.15, 0.2) is 24.3 Å². The van der Waals surface area contributed by atoms with E-state index in [0.717, 1.165) is 13.0 Å². The molecule has 1 N–H and O–H groups in total. The van der Waals surface area contributed by atoms with Crippen LogP contribution >= 0.6 is 11.6 Å².